The van der Waals surface area contributed by atoms with E-state index in [1.165, 1.54) is 0 Å². The van der Waals surface area contributed by atoms with Crippen LogP contribution in [0.25, 0.3) is 0 Å². The molecule has 0 aliphatic heterocycles. The van der Waals surface area contributed by atoms with Crippen molar-refractivity contribution in [3.63, 3.8) is 0 Å². The monoisotopic (exact) mass is 249 g/mol. The normalized spacial score (nSPS) is 17.1. The number of hydrogen-bond donors (Lipinski definition) is 1. The van der Waals surface area contributed by atoms with E-state index in [0.717, 1.165) is 6.54 Å². The molecule has 0 radical (unpaired) electrons. The molecule has 0 aromatic rings. The van der Waals surface area contributed by atoms with E-state index < -0.39 is 9.84 Å². The van der Waals surface area contributed by atoms with Gasteiger partial charge in [0.2, 0.25) is 0 Å². The lowest BCUT2D eigenvalue weighted by molar-refractivity contribution is 0.291. The summed E-state index contributed by atoms with van der Waals surface area (Å²) in [4.78, 5) is 0. The molecular weight excluding hydrogens is 222 g/mol. The number of sulfone groups is 1. The van der Waals surface area contributed by atoms with Crippen molar-refractivity contribution >= 4 is 9.84 Å². The van der Waals surface area contributed by atoms with E-state index in [-0.39, 0.29) is 22.5 Å². The van der Waals surface area contributed by atoms with E-state index >= 15 is 0 Å². The molecule has 2 atom stereocenters. The molecule has 0 aliphatic rings. The summed E-state index contributed by atoms with van der Waals surface area (Å²) in [5.41, 5.74) is -0.0312. The largest absolute Gasteiger partial charge is 0.313 e. The van der Waals surface area contributed by atoms with Crippen LogP contribution in [-0.2, 0) is 9.84 Å². The summed E-state index contributed by atoms with van der Waals surface area (Å²) >= 11 is 0. The van der Waals surface area contributed by atoms with Crippen LogP contribution in [0, 0.1) is 5.41 Å². The Hall–Kier alpha value is -0.0900. The van der Waals surface area contributed by atoms with Gasteiger partial charge in [-0.25, -0.2) is 8.42 Å². The van der Waals surface area contributed by atoms with Crippen molar-refractivity contribution in [1.29, 1.82) is 0 Å². The second-order valence-corrected chi connectivity index (χ2v) is 7.99. The van der Waals surface area contributed by atoms with Crippen LogP contribution in [0.15, 0.2) is 0 Å². The van der Waals surface area contributed by atoms with E-state index in [1.807, 2.05) is 13.8 Å². The fourth-order valence-electron chi connectivity index (χ4n) is 1.51. The maximum absolute atomic E-state index is 12.1. The first-order chi connectivity index (χ1) is 7.15. The Morgan fingerprint density at radius 3 is 2.00 bits per heavy atom. The SMILES string of the molecule is CCNC(CS(=O)(=O)C(C)CC)C(C)(C)C. The highest BCUT2D eigenvalue weighted by Gasteiger charge is 2.31. The lowest BCUT2D eigenvalue weighted by atomic mass is 9.88. The van der Waals surface area contributed by atoms with Gasteiger partial charge in [0.15, 0.2) is 9.84 Å². The van der Waals surface area contributed by atoms with Gasteiger partial charge in [0, 0.05) is 6.04 Å². The summed E-state index contributed by atoms with van der Waals surface area (Å²) in [5, 5.41) is 3.04. The van der Waals surface area contributed by atoms with Crippen LogP contribution in [0.3, 0.4) is 0 Å². The minimum atomic E-state index is -2.98. The van der Waals surface area contributed by atoms with Crippen molar-refractivity contribution < 1.29 is 8.42 Å². The first-order valence-electron chi connectivity index (χ1n) is 6.10. The van der Waals surface area contributed by atoms with Crippen LogP contribution in [0.1, 0.15) is 48.0 Å². The van der Waals surface area contributed by atoms with E-state index in [9.17, 15) is 8.42 Å². The maximum Gasteiger partial charge on any atom is 0.154 e. The zero-order chi connectivity index (χ0) is 13.0. The van der Waals surface area contributed by atoms with Gasteiger partial charge < -0.3 is 5.32 Å². The Balaban J connectivity index is 4.77. The molecule has 0 aromatic carbocycles. The summed E-state index contributed by atoms with van der Waals surface area (Å²) in [6.45, 7) is 12.8. The Morgan fingerprint density at radius 2 is 1.69 bits per heavy atom. The highest BCUT2D eigenvalue weighted by atomic mass is 32.2. The second kappa shape index (κ2) is 6.01. The molecule has 0 aromatic heterocycles. The highest BCUT2D eigenvalue weighted by molar-refractivity contribution is 7.92. The lowest BCUT2D eigenvalue weighted by Crippen LogP contribution is -2.46. The van der Waals surface area contributed by atoms with Crippen molar-refractivity contribution in [3.8, 4) is 0 Å². The lowest BCUT2D eigenvalue weighted by Gasteiger charge is -2.32. The van der Waals surface area contributed by atoms with Crippen LogP contribution in [-0.4, -0.2) is 32.0 Å². The Kier molecular flexibility index (Phi) is 5.98. The molecule has 98 valence electrons. The molecule has 1 N–H and O–H groups in total. The molecule has 3 nitrogen and oxygen atoms in total. The summed E-state index contributed by atoms with van der Waals surface area (Å²) in [6.07, 6.45) is 0.686. The Labute approximate surface area is 101 Å². The summed E-state index contributed by atoms with van der Waals surface area (Å²) in [5.74, 6) is 0.235. The quantitative estimate of drug-likeness (QED) is 0.785. The minimum absolute atomic E-state index is 0.0245. The fraction of sp³-hybridized carbons (Fsp3) is 1.00. The number of nitrogens with one attached hydrogen (secondary N) is 1. The van der Waals surface area contributed by atoms with Crippen LogP contribution < -0.4 is 5.32 Å². The molecule has 0 amide bonds. The molecule has 2 unspecified atom stereocenters. The van der Waals surface area contributed by atoms with E-state index in [1.54, 1.807) is 6.92 Å². The minimum Gasteiger partial charge on any atom is -0.313 e. The second-order valence-electron chi connectivity index (χ2n) is 5.52. The zero-order valence-corrected chi connectivity index (χ0v) is 12.3. The molecule has 4 heteroatoms. The molecule has 16 heavy (non-hydrogen) atoms. The standard InChI is InChI=1S/C12H27NO2S/c1-7-10(3)16(14,15)9-11(13-8-2)12(4,5)6/h10-11,13H,7-9H2,1-6H3. The van der Waals surface area contributed by atoms with Gasteiger partial charge in [0.25, 0.3) is 0 Å². The fourth-order valence-corrected chi connectivity index (χ4v) is 3.43. The molecule has 0 saturated carbocycles. The Morgan fingerprint density at radius 1 is 1.19 bits per heavy atom. The van der Waals surface area contributed by atoms with Gasteiger partial charge in [-0.05, 0) is 25.3 Å². The third-order valence-electron chi connectivity index (χ3n) is 3.08. The summed E-state index contributed by atoms with van der Waals surface area (Å²) < 4.78 is 24.1. The molecule has 0 bridgehead atoms. The maximum atomic E-state index is 12.1. The molecule has 0 saturated heterocycles. The Bertz CT molecular complexity index is 291. The van der Waals surface area contributed by atoms with Crippen LogP contribution >= 0.6 is 0 Å². The molecule has 0 heterocycles. The number of rotatable bonds is 6. The van der Waals surface area contributed by atoms with Crippen LogP contribution in [0.2, 0.25) is 0 Å². The van der Waals surface area contributed by atoms with Gasteiger partial charge in [-0.2, -0.15) is 0 Å². The predicted octanol–water partition coefficient (Wildman–Crippen LogP) is 2.22. The smallest absolute Gasteiger partial charge is 0.154 e. The summed E-state index contributed by atoms with van der Waals surface area (Å²) in [7, 11) is -2.98. The predicted molar refractivity (Wildman–Crippen MR) is 70.5 cm³/mol. The third kappa shape index (κ3) is 4.83. The van der Waals surface area contributed by atoms with Crippen molar-refractivity contribution in [2.45, 2.75) is 59.3 Å². The van der Waals surface area contributed by atoms with Gasteiger partial charge in [0.1, 0.15) is 0 Å². The van der Waals surface area contributed by atoms with Crippen LogP contribution in [0.5, 0.6) is 0 Å². The summed E-state index contributed by atoms with van der Waals surface area (Å²) in [6, 6.07) is 0.0245. The number of hydrogen-bond acceptors (Lipinski definition) is 3. The molecule has 0 rings (SSSR count). The molecule has 0 aliphatic carbocycles. The van der Waals surface area contributed by atoms with E-state index in [2.05, 4.69) is 26.1 Å². The van der Waals surface area contributed by atoms with Crippen LogP contribution in [0.4, 0.5) is 0 Å². The van der Waals surface area contributed by atoms with Gasteiger partial charge in [-0.1, -0.05) is 34.6 Å². The topological polar surface area (TPSA) is 46.2 Å². The average Bonchev–Trinajstić information content (AvgIpc) is 2.14. The van der Waals surface area contributed by atoms with Gasteiger partial charge in [0.05, 0.1) is 11.0 Å². The van der Waals surface area contributed by atoms with Crippen molar-refractivity contribution in [2.75, 3.05) is 12.3 Å². The van der Waals surface area contributed by atoms with Gasteiger partial charge in [-0.3, -0.25) is 0 Å². The van der Waals surface area contributed by atoms with E-state index in [0.29, 0.717) is 6.42 Å². The zero-order valence-electron chi connectivity index (χ0n) is 11.5. The van der Waals surface area contributed by atoms with Gasteiger partial charge >= 0.3 is 0 Å². The van der Waals surface area contributed by atoms with Gasteiger partial charge in [-0.15, -0.1) is 0 Å². The molecular formula is C12H27NO2S. The molecule has 0 fully saturated rings. The first-order valence-corrected chi connectivity index (χ1v) is 7.81. The van der Waals surface area contributed by atoms with Crippen molar-refractivity contribution in [2.24, 2.45) is 5.41 Å². The molecule has 0 spiro atoms. The average molecular weight is 249 g/mol. The van der Waals surface area contributed by atoms with E-state index in [4.69, 9.17) is 0 Å². The highest BCUT2D eigenvalue weighted by Crippen LogP contribution is 2.22. The van der Waals surface area contributed by atoms with Crippen molar-refractivity contribution in [1.82, 2.24) is 5.32 Å². The van der Waals surface area contributed by atoms with Crippen molar-refractivity contribution in [3.05, 3.63) is 0 Å². The third-order valence-corrected chi connectivity index (χ3v) is 5.44. The first kappa shape index (κ1) is 15.9.